The number of piperidine rings is 1. The van der Waals surface area contributed by atoms with E-state index in [0.29, 0.717) is 48.2 Å². The van der Waals surface area contributed by atoms with Gasteiger partial charge in [0.05, 0.1) is 11.1 Å². The molecule has 1 saturated heterocycles. The molecule has 2 heterocycles. The zero-order valence-electron chi connectivity index (χ0n) is 16.2. The summed E-state index contributed by atoms with van der Waals surface area (Å²) >= 11 is 0. The summed E-state index contributed by atoms with van der Waals surface area (Å²) in [5.41, 5.74) is 1.26. The molecular weight excluding hydrogens is 346 g/mol. The molecule has 7 heteroatoms. The summed E-state index contributed by atoms with van der Waals surface area (Å²) < 4.78 is 4.98. The largest absolute Gasteiger partial charge is 0.385 e. The van der Waals surface area contributed by atoms with Crippen molar-refractivity contribution in [2.45, 2.75) is 26.7 Å². The van der Waals surface area contributed by atoms with Crippen LogP contribution in [0.4, 0.5) is 10.5 Å². The molecule has 0 aliphatic carbocycles. The number of methoxy groups -OCH3 is 1. The maximum atomic E-state index is 12.6. The van der Waals surface area contributed by atoms with Gasteiger partial charge in [0, 0.05) is 39.0 Å². The van der Waals surface area contributed by atoms with Gasteiger partial charge in [-0.05, 0) is 42.9 Å². The molecule has 7 nitrogen and oxygen atoms in total. The normalized spacial score (nSPS) is 22.2. The van der Waals surface area contributed by atoms with E-state index in [9.17, 15) is 14.4 Å². The van der Waals surface area contributed by atoms with Crippen LogP contribution in [0, 0.1) is 11.8 Å². The van der Waals surface area contributed by atoms with Gasteiger partial charge < -0.3 is 15.0 Å². The molecule has 1 aromatic carbocycles. The van der Waals surface area contributed by atoms with Crippen molar-refractivity contribution in [1.82, 2.24) is 9.80 Å². The maximum Gasteiger partial charge on any atom is 0.321 e. The molecular formula is C20H27N3O4. The van der Waals surface area contributed by atoms with E-state index in [0.717, 1.165) is 19.5 Å². The van der Waals surface area contributed by atoms with Crippen molar-refractivity contribution < 1.29 is 19.1 Å². The highest BCUT2D eigenvalue weighted by atomic mass is 16.5. The Labute approximate surface area is 159 Å². The fraction of sp³-hybridized carbons (Fsp3) is 0.550. The summed E-state index contributed by atoms with van der Waals surface area (Å²) in [5.74, 6) is 0.337. The number of rotatable bonds is 5. The first-order valence-electron chi connectivity index (χ1n) is 9.45. The number of hydrogen-bond acceptors (Lipinski definition) is 4. The predicted molar refractivity (Wildman–Crippen MR) is 102 cm³/mol. The number of carbonyl (C=O) groups excluding carboxylic acids is 3. The highest BCUT2D eigenvalue weighted by Crippen LogP contribution is 2.27. The van der Waals surface area contributed by atoms with Crippen molar-refractivity contribution in [3.8, 4) is 0 Å². The number of nitrogens with one attached hydrogen (secondary N) is 1. The summed E-state index contributed by atoms with van der Waals surface area (Å²) in [5, 5.41) is 2.87. The second-order valence-electron chi connectivity index (χ2n) is 7.65. The standard InChI is InChI=1S/C20H27N3O4/c1-13-9-14(2)12-22(11-13)20(26)21-15-5-6-16-17(10-15)19(25)23(18(16)24)7-4-8-27-3/h5-6,10,13-14H,4,7-9,11-12H2,1-3H3,(H,21,26). The van der Waals surface area contributed by atoms with Gasteiger partial charge in [0.1, 0.15) is 0 Å². The number of benzene rings is 1. The first kappa shape index (κ1) is 19.4. The van der Waals surface area contributed by atoms with Crippen molar-refractivity contribution in [1.29, 1.82) is 0 Å². The highest BCUT2D eigenvalue weighted by Gasteiger charge is 2.35. The Kier molecular flexibility index (Phi) is 5.79. The number of ether oxygens (including phenoxy) is 1. The minimum Gasteiger partial charge on any atom is -0.385 e. The number of imide groups is 1. The van der Waals surface area contributed by atoms with Gasteiger partial charge in [0.2, 0.25) is 0 Å². The highest BCUT2D eigenvalue weighted by molar-refractivity contribution is 6.21. The van der Waals surface area contributed by atoms with Crippen molar-refractivity contribution in [3.63, 3.8) is 0 Å². The van der Waals surface area contributed by atoms with Crippen LogP contribution in [0.15, 0.2) is 18.2 Å². The fourth-order valence-electron chi connectivity index (χ4n) is 3.97. The summed E-state index contributed by atoms with van der Waals surface area (Å²) in [4.78, 5) is 40.6. The number of likely N-dealkylation sites (tertiary alicyclic amines) is 1. The minimum absolute atomic E-state index is 0.165. The molecule has 2 aliphatic rings. The lowest BCUT2D eigenvalue weighted by Gasteiger charge is -2.34. The van der Waals surface area contributed by atoms with Crippen LogP contribution in [0.25, 0.3) is 0 Å². The first-order chi connectivity index (χ1) is 12.9. The van der Waals surface area contributed by atoms with Crippen LogP contribution in [-0.4, -0.2) is 61.0 Å². The minimum atomic E-state index is -0.317. The monoisotopic (exact) mass is 373 g/mol. The third-order valence-electron chi connectivity index (χ3n) is 5.11. The molecule has 2 unspecified atom stereocenters. The predicted octanol–water partition coefficient (Wildman–Crippen LogP) is 2.83. The Hall–Kier alpha value is -2.41. The van der Waals surface area contributed by atoms with E-state index in [1.165, 1.54) is 4.90 Å². The first-order valence-corrected chi connectivity index (χ1v) is 9.45. The van der Waals surface area contributed by atoms with E-state index >= 15 is 0 Å². The van der Waals surface area contributed by atoms with E-state index in [1.54, 1.807) is 25.3 Å². The molecule has 3 rings (SSSR count). The SMILES string of the molecule is COCCCN1C(=O)c2ccc(NC(=O)N3CC(C)CC(C)C3)cc2C1=O. The molecule has 2 aliphatic heterocycles. The Bertz CT molecular complexity index is 739. The molecule has 2 atom stereocenters. The molecule has 0 saturated carbocycles. The lowest BCUT2D eigenvalue weighted by Crippen LogP contribution is -2.44. The number of hydrogen-bond donors (Lipinski definition) is 1. The van der Waals surface area contributed by atoms with E-state index < -0.39 is 0 Å². The Morgan fingerprint density at radius 1 is 1.15 bits per heavy atom. The van der Waals surface area contributed by atoms with E-state index in [2.05, 4.69) is 19.2 Å². The smallest absolute Gasteiger partial charge is 0.321 e. The second-order valence-corrected chi connectivity index (χ2v) is 7.65. The van der Waals surface area contributed by atoms with Gasteiger partial charge in [-0.1, -0.05) is 13.8 Å². The number of nitrogens with zero attached hydrogens (tertiary/aromatic N) is 2. The fourth-order valence-corrected chi connectivity index (χ4v) is 3.97. The average molecular weight is 373 g/mol. The lowest BCUT2D eigenvalue weighted by atomic mass is 9.92. The van der Waals surface area contributed by atoms with Crippen molar-refractivity contribution in [2.75, 3.05) is 38.7 Å². The molecule has 0 bridgehead atoms. The van der Waals surface area contributed by atoms with Crippen LogP contribution in [-0.2, 0) is 4.74 Å². The van der Waals surface area contributed by atoms with Gasteiger partial charge in [0.15, 0.2) is 0 Å². The quantitative estimate of drug-likeness (QED) is 0.636. The van der Waals surface area contributed by atoms with Crippen LogP contribution >= 0.6 is 0 Å². The second kappa shape index (κ2) is 8.08. The van der Waals surface area contributed by atoms with Crippen LogP contribution in [0.3, 0.4) is 0 Å². The van der Waals surface area contributed by atoms with Gasteiger partial charge >= 0.3 is 6.03 Å². The molecule has 1 aromatic rings. The molecule has 0 aromatic heterocycles. The summed E-state index contributed by atoms with van der Waals surface area (Å²) in [6, 6.07) is 4.73. The molecule has 0 spiro atoms. The maximum absolute atomic E-state index is 12.6. The summed E-state index contributed by atoms with van der Waals surface area (Å²) in [6.45, 7) is 6.56. The van der Waals surface area contributed by atoms with E-state index in [4.69, 9.17) is 4.74 Å². The van der Waals surface area contributed by atoms with Crippen LogP contribution < -0.4 is 5.32 Å². The zero-order valence-corrected chi connectivity index (χ0v) is 16.2. The van der Waals surface area contributed by atoms with Crippen LogP contribution in [0.5, 0.6) is 0 Å². The van der Waals surface area contributed by atoms with Crippen molar-refractivity contribution >= 4 is 23.5 Å². The van der Waals surface area contributed by atoms with Crippen LogP contribution in [0.1, 0.15) is 47.4 Å². The number of carbonyl (C=O) groups is 3. The van der Waals surface area contributed by atoms with Crippen molar-refractivity contribution in [2.24, 2.45) is 11.8 Å². The lowest BCUT2D eigenvalue weighted by molar-refractivity contribution is 0.0638. The molecule has 146 valence electrons. The topological polar surface area (TPSA) is 79.0 Å². The Morgan fingerprint density at radius 2 is 1.81 bits per heavy atom. The van der Waals surface area contributed by atoms with Gasteiger partial charge in [-0.25, -0.2) is 4.79 Å². The molecule has 4 amide bonds. The summed E-state index contributed by atoms with van der Waals surface area (Å²) in [6.07, 6.45) is 1.72. The van der Waals surface area contributed by atoms with Crippen molar-refractivity contribution in [3.05, 3.63) is 29.3 Å². The van der Waals surface area contributed by atoms with Crippen LogP contribution in [0.2, 0.25) is 0 Å². The summed E-state index contributed by atoms with van der Waals surface area (Å²) in [7, 11) is 1.58. The third kappa shape index (κ3) is 4.13. The number of fused-ring (bicyclic) bond motifs is 1. The molecule has 1 fully saturated rings. The Balaban J connectivity index is 1.69. The zero-order chi connectivity index (χ0) is 19.6. The van der Waals surface area contributed by atoms with Gasteiger partial charge in [-0.3, -0.25) is 14.5 Å². The van der Waals surface area contributed by atoms with Gasteiger partial charge in [-0.2, -0.15) is 0 Å². The average Bonchev–Trinajstić information content (AvgIpc) is 2.85. The van der Waals surface area contributed by atoms with E-state index in [-0.39, 0.29) is 17.8 Å². The number of urea groups is 1. The molecule has 1 N–H and O–H groups in total. The third-order valence-corrected chi connectivity index (χ3v) is 5.11. The Morgan fingerprint density at radius 3 is 2.48 bits per heavy atom. The molecule has 0 radical (unpaired) electrons. The van der Waals surface area contributed by atoms with Gasteiger partial charge in [0.25, 0.3) is 11.8 Å². The van der Waals surface area contributed by atoms with E-state index in [1.807, 2.05) is 4.90 Å². The van der Waals surface area contributed by atoms with Gasteiger partial charge in [-0.15, -0.1) is 0 Å². The molecule has 27 heavy (non-hydrogen) atoms. The number of amides is 4. The number of anilines is 1.